The van der Waals surface area contributed by atoms with Gasteiger partial charge in [-0.15, -0.1) is 0 Å². The Hall–Kier alpha value is -1.03. The molecule has 0 aliphatic heterocycles. The molecule has 106 valence electrons. The van der Waals surface area contributed by atoms with E-state index in [1.807, 2.05) is 36.4 Å². The number of benzene rings is 2. The van der Waals surface area contributed by atoms with E-state index in [2.05, 4.69) is 34.2 Å². The molecule has 20 heavy (non-hydrogen) atoms. The predicted molar refractivity (Wildman–Crippen MR) is 87.4 cm³/mol. The third kappa shape index (κ3) is 3.75. The van der Waals surface area contributed by atoms with Crippen LogP contribution in [-0.2, 0) is 6.54 Å². The van der Waals surface area contributed by atoms with Crippen molar-refractivity contribution in [3.05, 3.63) is 63.1 Å². The Morgan fingerprint density at radius 2 is 2.00 bits per heavy atom. The van der Waals surface area contributed by atoms with Crippen LogP contribution in [0.3, 0.4) is 0 Å². The summed E-state index contributed by atoms with van der Waals surface area (Å²) in [6.45, 7) is 2.89. The van der Waals surface area contributed by atoms with Gasteiger partial charge in [0.2, 0.25) is 0 Å². The molecule has 0 aliphatic rings. The lowest BCUT2D eigenvalue weighted by molar-refractivity contribution is 0.401. The molecule has 0 amide bonds. The number of hydrogen-bond donors (Lipinski definition) is 1. The van der Waals surface area contributed by atoms with Gasteiger partial charge in [0, 0.05) is 27.6 Å². The summed E-state index contributed by atoms with van der Waals surface area (Å²) in [6, 6.07) is 14.1. The zero-order valence-corrected chi connectivity index (χ0v) is 13.8. The molecule has 1 unspecified atom stereocenters. The number of nitrogens with one attached hydrogen (secondary N) is 1. The van der Waals surface area contributed by atoms with E-state index in [1.54, 1.807) is 7.11 Å². The Morgan fingerprint density at radius 1 is 1.25 bits per heavy atom. The standard InChI is InChI=1S/C16H17BrClNO/c1-11(14-5-3-4-6-16(14)20-2)19-10-12-7-8-13(18)9-15(12)17/h3-9,11,19H,10H2,1-2H3. The van der Waals surface area contributed by atoms with Gasteiger partial charge in [-0.25, -0.2) is 0 Å². The van der Waals surface area contributed by atoms with E-state index in [9.17, 15) is 0 Å². The van der Waals surface area contributed by atoms with Crippen LogP contribution in [0.2, 0.25) is 5.02 Å². The highest BCUT2D eigenvalue weighted by atomic mass is 79.9. The fraction of sp³-hybridized carbons (Fsp3) is 0.250. The first-order chi connectivity index (χ1) is 9.61. The predicted octanol–water partition coefficient (Wildman–Crippen LogP) is 4.96. The maximum Gasteiger partial charge on any atom is 0.123 e. The second kappa shape index (κ2) is 7.11. The van der Waals surface area contributed by atoms with E-state index in [4.69, 9.17) is 16.3 Å². The molecule has 2 aromatic rings. The van der Waals surface area contributed by atoms with Crippen molar-refractivity contribution in [1.29, 1.82) is 0 Å². The SMILES string of the molecule is COc1ccccc1C(C)NCc1ccc(Cl)cc1Br. The van der Waals surface area contributed by atoms with Crippen molar-refractivity contribution >= 4 is 27.5 Å². The van der Waals surface area contributed by atoms with Crippen molar-refractivity contribution in [2.75, 3.05) is 7.11 Å². The van der Waals surface area contributed by atoms with Crippen molar-refractivity contribution in [2.45, 2.75) is 19.5 Å². The van der Waals surface area contributed by atoms with Gasteiger partial charge in [-0.1, -0.05) is 51.8 Å². The van der Waals surface area contributed by atoms with Crippen LogP contribution in [0.4, 0.5) is 0 Å². The van der Waals surface area contributed by atoms with E-state index in [0.717, 1.165) is 27.4 Å². The Labute approximate surface area is 133 Å². The summed E-state index contributed by atoms with van der Waals surface area (Å²) in [5, 5.41) is 4.23. The van der Waals surface area contributed by atoms with Gasteiger partial charge in [0.1, 0.15) is 5.75 Å². The number of para-hydroxylation sites is 1. The van der Waals surface area contributed by atoms with Gasteiger partial charge in [0.15, 0.2) is 0 Å². The van der Waals surface area contributed by atoms with Crippen LogP contribution >= 0.6 is 27.5 Å². The van der Waals surface area contributed by atoms with Gasteiger partial charge < -0.3 is 10.1 Å². The van der Waals surface area contributed by atoms with Crippen molar-refractivity contribution in [3.8, 4) is 5.75 Å². The normalized spacial score (nSPS) is 12.2. The number of hydrogen-bond acceptors (Lipinski definition) is 2. The Balaban J connectivity index is 2.06. The summed E-state index contributed by atoms with van der Waals surface area (Å²) >= 11 is 9.48. The van der Waals surface area contributed by atoms with Crippen LogP contribution in [0.5, 0.6) is 5.75 Å². The second-order valence-electron chi connectivity index (χ2n) is 4.58. The van der Waals surface area contributed by atoms with Crippen molar-refractivity contribution in [2.24, 2.45) is 0 Å². The first-order valence-electron chi connectivity index (χ1n) is 6.42. The molecule has 0 saturated carbocycles. The van der Waals surface area contributed by atoms with Crippen LogP contribution in [0.25, 0.3) is 0 Å². The summed E-state index contributed by atoms with van der Waals surface area (Å²) in [4.78, 5) is 0. The minimum absolute atomic E-state index is 0.203. The largest absolute Gasteiger partial charge is 0.496 e. The summed E-state index contributed by atoms with van der Waals surface area (Å²) in [6.07, 6.45) is 0. The van der Waals surface area contributed by atoms with Gasteiger partial charge in [-0.3, -0.25) is 0 Å². The minimum Gasteiger partial charge on any atom is -0.496 e. The summed E-state index contributed by atoms with van der Waals surface area (Å²) in [7, 11) is 1.70. The molecule has 2 rings (SSSR count). The second-order valence-corrected chi connectivity index (χ2v) is 5.87. The molecule has 2 nitrogen and oxygen atoms in total. The molecular formula is C16H17BrClNO. The Kier molecular flexibility index (Phi) is 5.46. The number of halogens is 2. The highest BCUT2D eigenvalue weighted by Gasteiger charge is 2.10. The third-order valence-electron chi connectivity index (χ3n) is 3.22. The monoisotopic (exact) mass is 353 g/mol. The van der Waals surface area contributed by atoms with Crippen LogP contribution in [-0.4, -0.2) is 7.11 Å². The first-order valence-corrected chi connectivity index (χ1v) is 7.59. The molecule has 0 fully saturated rings. The molecule has 0 aromatic heterocycles. The Morgan fingerprint density at radius 3 is 2.70 bits per heavy atom. The lowest BCUT2D eigenvalue weighted by Crippen LogP contribution is -2.18. The van der Waals surface area contributed by atoms with Crippen LogP contribution in [0.15, 0.2) is 46.9 Å². The van der Waals surface area contributed by atoms with E-state index in [-0.39, 0.29) is 6.04 Å². The van der Waals surface area contributed by atoms with Crippen molar-refractivity contribution in [3.63, 3.8) is 0 Å². The molecule has 2 aromatic carbocycles. The molecule has 0 saturated heterocycles. The average molecular weight is 355 g/mol. The third-order valence-corrected chi connectivity index (χ3v) is 4.19. The molecule has 0 radical (unpaired) electrons. The maximum atomic E-state index is 5.95. The molecule has 1 N–H and O–H groups in total. The lowest BCUT2D eigenvalue weighted by atomic mass is 10.1. The van der Waals surface area contributed by atoms with E-state index >= 15 is 0 Å². The minimum atomic E-state index is 0.203. The van der Waals surface area contributed by atoms with Crippen molar-refractivity contribution < 1.29 is 4.74 Å². The van der Waals surface area contributed by atoms with Gasteiger partial charge in [-0.05, 0) is 30.7 Å². The van der Waals surface area contributed by atoms with Gasteiger partial charge in [-0.2, -0.15) is 0 Å². The molecule has 0 heterocycles. The number of rotatable bonds is 5. The zero-order valence-electron chi connectivity index (χ0n) is 11.5. The first kappa shape index (κ1) is 15.4. The van der Waals surface area contributed by atoms with Crippen molar-refractivity contribution in [1.82, 2.24) is 5.32 Å². The molecular weight excluding hydrogens is 338 g/mol. The summed E-state index contributed by atoms with van der Waals surface area (Å²) in [5.41, 5.74) is 2.33. The summed E-state index contributed by atoms with van der Waals surface area (Å²) < 4.78 is 6.41. The van der Waals surface area contributed by atoms with E-state index < -0.39 is 0 Å². The number of methoxy groups -OCH3 is 1. The molecule has 0 bridgehead atoms. The smallest absolute Gasteiger partial charge is 0.123 e. The maximum absolute atomic E-state index is 5.95. The van der Waals surface area contributed by atoms with Crippen LogP contribution in [0, 0.1) is 0 Å². The molecule has 0 spiro atoms. The highest BCUT2D eigenvalue weighted by molar-refractivity contribution is 9.10. The number of ether oxygens (including phenoxy) is 1. The van der Waals surface area contributed by atoms with Crippen LogP contribution < -0.4 is 10.1 Å². The van der Waals surface area contributed by atoms with E-state index in [1.165, 1.54) is 5.56 Å². The average Bonchev–Trinajstić information content (AvgIpc) is 2.46. The fourth-order valence-electron chi connectivity index (χ4n) is 2.06. The topological polar surface area (TPSA) is 21.3 Å². The Bertz CT molecular complexity index is 588. The molecule has 1 atom stereocenters. The van der Waals surface area contributed by atoms with Gasteiger partial charge in [0.25, 0.3) is 0 Å². The molecule has 4 heteroatoms. The van der Waals surface area contributed by atoms with E-state index in [0.29, 0.717) is 0 Å². The lowest BCUT2D eigenvalue weighted by Gasteiger charge is -2.17. The fourth-order valence-corrected chi connectivity index (χ4v) is 2.89. The quantitative estimate of drug-likeness (QED) is 0.819. The van der Waals surface area contributed by atoms with Crippen LogP contribution in [0.1, 0.15) is 24.1 Å². The summed E-state index contributed by atoms with van der Waals surface area (Å²) in [5.74, 6) is 0.905. The van der Waals surface area contributed by atoms with Gasteiger partial charge in [0.05, 0.1) is 7.11 Å². The molecule has 0 aliphatic carbocycles. The highest BCUT2D eigenvalue weighted by Crippen LogP contribution is 2.26. The van der Waals surface area contributed by atoms with Gasteiger partial charge >= 0.3 is 0 Å². The zero-order chi connectivity index (χ0) is 14.5.